The van der Waals surface area contributed by atoms with Crippen LogP contribution in [-0.4, -0.2) is 11.9 Å². The first-order valence-corrected chi connectivity index (χ1v) is 18.3. The van der Waals surface area contributed by atoms with Gasteiger partial charge in [-0.2, -0.15) is 0 Å². The van der Waals surface area contributed by atoms with Crippen LogP contribution in [0.25, 0.3) is 0 Å². The normalized spacial score (nSPS) is 10.5. The van der Waals surface area contributed by atoms with Crippen molar-refractivity contribution in [2.24, 2.45) is 0 Å². The predicted molar refractivity (Wildman–Crippen MR) is 171 cm³/mol. The predicted octanol–water partition coefficient (Wildman–Crippen LogP) is 10.1. The molecule has 0 rings (SSSR count). The second-order valence-electron chi connectivity index (χ2n) is 12.3. The fraction of sp³-hybridized carbons (Fsp3) is 0.944. The van der Waals surface area contributed by atoms with Crippen molar-refractivity contribution in [1.29, 1.82) is 0 Å². The van der Waals surface area contributed by atoms with Crippen molar-refractivity contribution >= 4 is 11.9 Å². The fourth-order valence-corrected chi connectivity index (χ4v) is 5.36. The Labute approximate surface area is 279 Å². The fourth-order valence-electron chi connectivity index (χ4n) is 5.36. The average molecular weight is 664 g/mol. The second-order valence-corrected chi connectivity index (χ2v) is 12.3. The molecule has 252 valence electrons. The van der Waals surface area contributed by atoms with Gasteiger partial charge in [0.2, 0.25) is 0 Å². The van der Waals surface area contributed by atoms with Crippen LogP contribution >= 0.6 is 0 Å². The third-order valence-corrected chi connectivity index (χ3v) is 8.15. The third kappa shape index (κ3) is 46.0. The Balaban J connectivity index is -0.000000727. The molecule has 0 unspecified atom stereocenters. The molecule has 0 aromatic heterocycles. The summed E-state index contributed by atoms with van der Waals surface area (Å²) in [6.45, 7) is 4.53. The van der Waals surface area contributed by atoms with Crippen LogP contribution in [0, 0.1) is 0 Å². The topological polar surface area (TPSA) is 98.7 Å². The first-order valence-electron chi connectivity index (χ1n) is 18.3. The Morgan fingerprint density at radius 2 is 0.512 bits per heavy atom. The summed E-state index contributed by atoms with van der Waals surface area (Å²) in [5.41, 5.74) is 0. The van der Waals surface area contributed by atoms with E-state index in [9.17, 15) is 20.1 Å². The summed E-state index contributed by atoms with van der Waals surface area (Å²) in [5, 5.41) is 19.5. The quantitative estimate of drug-likeness (QED) is 0.0307. The van der Waals surface area contributed by atoms with E-state index < -0.39 is 11.9 Å². The van der Waals surface area contributed by atoms with Crippen LogP contribution in [-0.2, 0) is 38.8 Å². The van der Waals surface area contributed by atoms with E-state index in [1.165, 1.54) is 167 Å². The van der Waals surface area contributed by atoms with Gasteiger partial charge in [0.25, 0.3) is 11.9 Å². The van der Waals surface area contributed by atoms with Crippen LogP contribution in [0.15, 0.2) is 0 Å². The minimum atomic E-state index is -0.621. The van der Waals surface area contributed by atoms with Crippen LogP contribution in [0.3, 0.4) is 0 Å². The minimum Gasteiger partial charge on any atom is -0.662 e. The molecule has 43 heavy (non-hydrogen) atoms. The van der Waals surface area contributed by atoms with Crippen LogP contribution in [0.2, 0.25) is 0 Å². The Kier molecular flexibility index (Phi) is 47.6. The van der Waals surface area contributed by atoms with Gasteiger partial charge in [-0.1, -0.05) is 194 Å². The maximum absolute atomic E-state index is 10.6. The molecule has 0 aliphatic carbocycles. The van der Waals surface area contributed by atoms with E-state index in [-0.39, 0.29) is 32.3 Å². The summed E-state index contributed by atoms with van der Waals surface area (Å²) < 4.78 is 0. The Hall–Kier alpha value is -0.517. The molecule has 0 aromatic carbocycles. The molecule has 0 saturated heterocycles. The molecule has 0 radical (unpaired) electrons. The van der Waals surface area contributed by atoms with E-state index in [0.29, 0.717) is 0 Å². The Morgan fingerprint density at radius 1 is 0.349 bits per heavy atom. The van der Waals surface area contributed by atoms with Gasteiger partial charge in [-0.05, 0) is 12.8 Å². The SMILES string of the molecule is CCCCCCCCCCCCCCCCCC(=O)O[O-].CCCCCCCCCCCCCCCCCC(=O)O[O-].[Zn+2]. The van der Waals surface area contributed by atoms with Crippen molar-refractivity contribution < 1.29 is 49.4 Å². The van der Waals surface area contributed by atoms with Gasteiger partial charge in [-0.25, -0.2) is 0 Å². The first-order chi connectivity index (χ1) is 20.6. The second kappa shape index (κ2) is 43.6. The van der Waals surface area contributed by atoms with Crippen molar-refractivity contribution in [2.45, 2.75) is 219 Å². The molecule has 0 bridgehead atoms. The summed E-state index contributed by atoms with van der Waals surface area (Å²) in [6.07, 6.45) is 39.5. The molecular formula is C36H70O6Zn. The molecule has 0 spiro atoms. The molecule has 0 N–H and O–H groups in total. The molecule has 6 nitrogen and oxygen atoms in total. The van der Waals surface area contributed by atoms with Gasteiger partial charge in [0.15, 0.2) is 0 Å². The van der Waals surface area contributed by atoms with E-state index in [1.54, 1.807) is 0 Å². The van der Waals surface area contributed by atoms with Crippen molar-refractivity contribution in [3.8, 4) is 0 Å². The molecule has 0 atom stereocenters. The van der Waals surface area contributed by atoms with Crippen molar-refractivity contribution in [2.75, 3.05) is 0 Å². The van der Waals surface area contributed by atoms with E-state index in [0.717, 1.165) is 25.7 Å². The molecule has 0 amide bonds. The number of carbonyl (C=O) groups is 2. The molecule has 0 saturated carbocycles. The number of hydrogen-bond donors (Lipinski definition) is 0. The van der Waals surface area contributed by atoms with Crippen LogP contribution in [0.1, 0.15) is 219 Å². The summed E-state index contributed by atoms with van der Waals surface area (Å²) >= 11 is 0. The maximum Gasteiger partial charge on any atom is 2.00 e. The third-order valence-electron chi connectivity index (χ3n) is 8.15. The number of hydrogen-bond acceptors (Lipinski definition) is 6. The van der Waals surface area contributed by atoms with E-state index in [1.807, 2.05) is 0 Å². The Morgan fingerprint density at radius 3 is 0.674 bits per heavy atom. The largest absolute Gasteiger partial charge is 2.00 e. The summed E-state index contributed by atoms with van der Waals surface area (Å²) in [7, 11) is 0. The van der Waals surface area contributed by atoms with Gasteiger partial charge in [0.1, 0.15) is 0 Å². The summed E-state index contributed by atoms with van der Waals surface area (Å²) in [6, 6.07) is 0. The summed E-state index contributed by atoms with van der Waals surface area (Å²) in [5.74, 6) is -1.24. The zero-order valence-corrected chi connectivity index (χ0v) is 31.8. The first kappa shape index (κ1) is 46.9. The van der Waals surface area contributed by atoms with Crippen LogP contribution < -0.4 is 10.5 Å². The Bertz CT molecular complexity index is 486. The molecule has 7 heteroatoms. The smallest absolute Gasteiger partial charge is 0.662 e. The molecule has 0 aromatic rings. The van der Waals surface area contributed by atoms with Crippen molar-refractivity contribution in [3.63, 3.8) is 0 Å². The van der Waals surface area contributed by atoms with E-state index in [4.69, 9.17) is 0 Å². The zero-order valence-electron chi connectivity index (χ0n) is 28.8. The standard InChI is InChI=1S/2C18H36O3.Zn/c2*1-2-3-4-5-6-7-8-9-10-11-12-13-14-15-16-17-18(19)21-20;/h2*20H,2-17H2,1H3;/q;;+2/p-2. The van der Waals surface area contributed by atoms with Crippen LogP contribution in [0.4, 0.5) is 0 Å². The number of rotatable bonds is 32. The monoisotopic (exact) mass is 662 g/mol. The van der Waals surface area contributed by atoms with Gasteiger partial charge in [-0.15, -0.1) is 0 Å². The van der Waals surface area contributed by atoms with Gasteiger partial charge in [0.05, 0.1) is 0 Å². The molecule has 0 aliphatic rings. The van der Waals surface area contributed by atoms with Gasteiger partial charge in [-0.3, -0.25) is 9.59 Å². The molecule has 0 heterocycles. The van der Waals surface area contributed by atoms with E-state index >= 15 is 0 Å². The van der Waals surface area contributed by atoms with Gasteiger partial charge >= 0.3 is 19.5 Å². The molecule has 0 aliphatic heterocycles. The molecular weight excluding hydrogens is 594 g/mol. The maximum atomic E-state index is 10.6. The van der Waals surface area contributed by atoms with Gasteiger partial charge in [0, 0.05) is 12.8 Å². The number of carbonyl (C=O) groups excluding carboxylic acids is 2. The van der Waals surface area contributed by atoms with Crippen LogP contribution in [0.5, 0.6) is 0 Å². The average Bonchev–Trinajstić information content (AvgIpc) is 3.01. The summed E-state index contributed by atoms with van der Waals surface area (Å²) in [4.78, 5) is 28.0. The number of unbranched alkanes of at least 4 members (excludes halogenated alkanes) is 28. The zero-order chi connectivity index (χ0) is 31.2. The van der Waals surface area contributed by atoms with Crippen molar-refractivity contribution in [3.05, 3.63) is 0 Å². The van der Waals surface area contributed by atoms with E-state index in [2.05, 4.69) is 23.6 Å². The molecule has 0 fully saturated rings. The van der Waals surface area contributed by atoms with Gasteiger partial charge < -0.3 is 20.3 Å². The van der Waals surface area contributed by atoms with Crippen molar-refractivity contribution in [1.82, 2.24) is 0 Å². The minimum absolute atomic E-state index is 0.